The number of methoxy groups -OCH3 is 1. The molecule has 0 atom stereocenters. The Morgan fingerprint density at radius 2 is 1.79 bits per heavy atom. The average Bonchev–Trinajstić information content (AvgIpc) is 2.65. The molecule has 154 valence electrons. The van der Waals surface area contributed by atoms with Gasteiger partial charge in [-0.2, -0.15) is 0 Å². The number of hydrogen-bond donors (Lipinski definition) is 0. The van der Waals surface area contributed by atoms with E-state index in [1.165, 1.54) is 25.3 Å². The number of rotatable bonds is 8. The lowest BCUT2D eigenvalue weighted by molar-refractivity contribution is -0.274. The summed E-state index contributed by atoms with van der Waals surface area (Å²) in [6.07, 6.45) is -2.66. The highest BCUT2D eigenvalue weighted by atomic mass is 79.9. The Labute approximate surface area is 170 Å². The second kappa shape index (κ2) is 9.45. The Balaban J connectivity index is 2.54. The molecule has 0 saturated heterocycles. The van der Waals surface area contributed by atoms with Gasteiger partial charge in [0.05, 0.1) is 18.5 Å². The number of aryl methyl sites for hydroxylation is 1. The van der Waals surface area contributed by atoms with Crippen LogP contribution in [0.5, 0.6) is 17.4 Å². The van der Waals surface area contributed by atoms with Crippen LogP contribution in [0.3, 0.4) is 0 Å². The molecule has 0 N–H and O–H groups in total. The Kier molecular flexibility index (Phi) is 7.51. The van der Waals surface area contributed by atoms with Gasteiger partial charge in [0.2, 0.25) is 5.88 Å². The van der Waals surface area contributed by atoms with E-state index in [9.17, 15) is 13.2 Å². The summed E-state index contributed by atoms with van der Waals surface area (Å²) in [6.45, 7) is 5.91. The molecule has 2 rings (SSSR count). The first-order valence-corrected chi connectivity index (χ1v) is 9.68. The third kappa shape index (κ3) is 5.50. The van der Waals surface area contributed by atoms with Gasteiger partial charge in [0.15, 0.2) is 4.60 Å². The second-order valence-electron chi connectivity index (χ2n) is 5.93. The molecule has 0 saturated carbocycles. The molecule has 2 aromatic rings. The van der Waals surface area contributed by atoms with Crippen LogP contribution in [0, 0.1) is 0 Å². The van der Waals surface area contributed by atoms with Gasteiger partial charge in [-0.25, -0.2) is 9.97 Å². The molecule has 0 unspecified atom stereocenters. The lowest BCUT2D eigenvalue weighted by Gasteiger charge is -2.18. The van der Waals surface area contributed by atoms with E-state index >= 15 is 0 Å². The number of halogens is 4. The van der Waals surface area contributed by atoms with Crippen molar-refractivity contribution in [3.05, 3.63) is 28.5 Å². The van der Waals surface area contributed by atoms with Crippen molar-refractivity contribution in [2.24, 2.45) is 0 Å². The van der Waals surface area contributed by atoms with Gasteiger partial charge in [0, 0.05) is 5.56 Å². The summed E-state index contributed by atoms with van der Waals surface area (Å²) in [5, 5.41) is 0. The summed E-state index contributed by atoms with van der Waals surface area (Å²) in [7, 11) is 1.43. The number of alkyl halides is 3. The molecule has 1 heterocycles. The highest BCUT2D eigenvalue weighted by molar-refractivity contribution is 9.10. The fourth-order valence-corrected chi connectivity index (χ4v) is 3.01. The molecular weight excluding hydrogens is 441 g/mol. The molecule has 9 heteroatoms. The molecule has 0 aliphatic carbocycles. The topological polar surface area (TPSA) is 53.5 Å². The minimum absolute atomic E-state index is 0.000735. The fourth-order valence-electron chi connectivity index (χ4n) is 2.65. The second-order valence-corrected chi connectivity index (χ2v) is 6.69. The first-order valence-electron chi connectivity index (χ1n) is 8.89. The largest absolute Gasteiger partial charge is 0.573 e. The van der Waals surface area contributed by atoms with E-state index < -0.39 is 6.36 Å². The zero-order chi connectivity index (χ0) is 20.9. The molecule has 0 aliphatic rings. The molecule has 0 amide bonds. The number of hydrogen-bond acceptors (Lipinski definition) is 5. The molecule has 0 fully saturated rings. The van der Waals surface area contributed by atoms with Crippen LogP contribution in [-0.4, -0.2) is 29.5 Å². The number of aromatic nitrogens is 2. The molecule has 28 heavy (non-hydrogen) atoms. The van der Waals surface area contributed by atoms with Crippen molar-refractivity contribution in [2.75, 3.05) is 7.11 Å². The van der Waals surface area contributed by atoms with Gasteiger partial charge in [-0.1, -0.05) is 20.8 Å². The Morgan fingerprint density at radius 3 is 2.32 bits per heavy atom. The third-order valence-electron chi connectivity index (χ3n) is 4.08. The molecule has 1 aromatic heterocycles. The summed E-state index contributed by atoms with van der Waals surface area (Å²) in [6, 6.07) is 3.83. The van der Waals surface area contributed by atoms with Crippen molar-refractivity contribution in [3.63, 3.8) is 0 Å². The van der Waals surface area contributed by atoms with Crippen molar-refractivity contribution in [1.29, 1.82) is 0 Å². The number of nitrogens with zero attached hydrogens (tertiary/aromatic N) is 2. The quantitative estimate of drug-likeness (QED) is 0.485. The highest BCUT2D eigenvalue weighted by Crippen LogP contribution is 2.37. The van der Waals surface area contributed by atoms with Crippen LogP contribution in [0.25, 0.3) is 11.3 Å². The molecular formula is C19H22BrF3N2O3. The van der Waals surface area contributed by atoms with E-state index in [1.54, 1.807) is 0 Å². The zero-order valence-electron chi connectivity index (χ0n) is 16.1. The maximum absolute atomic E-state index is 12.6. The molecule has 5 nitrogen and oxygen atoms in total. The van der Waals surface area contributed by atoms with Crippen LogP contribution < -0.4 is 14.2 Å². The van der Waals surface area contributed by atoms with Crippen molar-refractivity contribution in [3.8, 4) is 28.6 Å². The van der Waals surface area contributed by atoms with Gasteiger partial charge >= 0.3 is 6.36 Å². The van der Waals surface area contributed by atoms with Crippen LogP contribution in [0.15, 0.2) is 22.8 Å². The van der Waals surface area contributed by atoms with Crippen molar-refractivity contribution in [2.45, 2.75) is 52.5 Å². The predicted molar refractivity (Wildman–Crippen MR) is 103 cm³/mol. The van der Waals surface area contributed by atoms with E-state index in [1.807, 2.05) is 20.8 Å². The van der Waals surface area contributed by atoms with Gasteiger partial charge in [-0.15, -0.1) is 13.2 Å². The molecule has 1 aromatic carbocycles. The van der Waals surface area contributed by atoms with Crippen molar-refractivity contribution in [1.82, 2.24) is 9.97 Å². The van der Waals surface area contributed by atoms with Crippen molar-refractivity contribution >= 4 is 15.9 Å². The Bertz CT molecular complexity index is 812. The third-order valence-corrected chi connectivity index (χ3v) is 4.60. The predicted octanol–water partition coefficient (Wildman–Crippen LogP) is 5.94. The van der Waals surface area contributed by atoms with Crippen LogP contribution in [-0.2, 0) is 6.42 Å². The summed E-state index contributed by atoms with van der Waals surface area (Å²) in [5.41, 5.74) is 1.32. The minimum Gasteiger partial charge on any atom is -0.496 e. The monoisotopic (exact) mass is 462 g/mol. The molecule has 0 radical (unpaired) electrons. The van der Waals surface area contributed by atoms with E-state index in [4.69, 9.17) is 9.47 Å². The summed E-state index contributed by atoms with van der Waals surface area (Å²) in [4.78, 5) is 9.03. The zero-order valence-corrected chi connectivity index (χ0v) is 17.6. The van der Waals surface area contributed by atoms with E-state index in [0.717, 1.165) is 12.8 Å². The van der Waals surface area contributed by atoms with Gasteiger partial charge in [-0.05, 0) is 53.4 Å². The average molecular weight is 463 g/mol. The normalized spacial score (nSPS) is 11.6. The van der Waals surface area contributed by atoms with Gasteiger partial charge in [0.25, 0.3) is 0 Å². The van der Waals surface area contributed by atoms with Gasteiger partial charge < -0.3 is 14.2 Å². The smallest absolute Gasteiger partial charge is 0.496 e. The highest BCUT2D eigenvalue weighted by Gasteiger charge is 2.31. The summed E-state index contributed by atoms with van der Waals surface area (Å²) < 4.78 is 53.4. The van der Waals surface area contributed by atoms with E-state index in [2.05, 4.69) is 30.6 Å². The maximum atomic E-state index is 12.6. The Hall–Kier alpha value is -2.03. The van der Waals surface area contributed by atoms with Crippen LogP contribution in [0.1, 0.15) is 39.3 Å². The standard InChI is InChI=1S/C19H22BrF3N2O3/c1-5-11(6-2)27-18-17(20)25-16(14(7-3)24-18)13-10-12(28-19(21,22)23)8-9-15(13)26-4/h8-11H,5-7H2,1-4H3. The number of benzene rings is 1. The van der Waals surface area contributed by atoms with Gasteiger partial charge in [-0.3, -0.25) is 0 Å². The number of ether oxygens (including phenoxy) is 3. The summed E-state index contributed by atoms with van der Waals surface area (Å²) >= 11 is 3.36. The van der Waals surface area contributed by atoms with E-state index in [0.29, 0.717) is 39.6 Å². The lowest BCUT2D eigenvalue weighted by Crippen LogP contribution is -2.17. The molecule has 0 spiro atoms. The summed E-state index contributed by atoms with van der Waals surface area (Å²) in [5.74, 6) is 0.357. The van der Waals surface area contributed by atoms with E-state index in [-0.39, 0.29) is 11.9 Å². The SMILES string of the molecule is CCc1nc(OC(CC)CC)c(Br)nc1-c1cc(OC(F)(F)F)ccc1OC. The van der Waals surface area contributed by atoms with Gasteiger partial charge in [0.1, 0.15) is 17.6 Å². The van der Waals surface area contributed by atoms with Crippen LogP contribution in [0.2, 0.25) is 0 Å². The molecule has 0 bridgehead atoms. The molecule has 0 aliphatic heterocycles. The first kappa shape index (κ1) is 22.3. The van der Waals surface area contributed by atoms with Crippen LogP contribution in [0.4, 0.5) is 13.2 Å². The van der Waals surface area contributed by atoms with Crippen LogP contribution >= 0.6 is 15.9 Å². The fraction of sp³-hybridized carbons (Fsp3) is 0.474. The van der Waals surface area contributed by atoms with Crippen molar-refractivity contribution < 1.29 is 27.4 Å². The first-order chi connectivity index (χ1) is 13.2. The maximum Gasteiger partial charge on any atom is 0.573 e. The lowest BCUT2D eigenvalue weighted by atomic mass is 10.1. The minimum atomic E-state index is -4.79. The Morgan fingerprint density at radius 1 is 1.11 bits per heavy atom.